The number of fused-ring (bicyclic) bond motifs is 1. The zero-order valence-electron chi connectivity index (χ0n) is 14.2. The Labute approximate surface area is 159 Å². The van der Waals surface area contributed by atoms with Crippen molar-refractivity contribution in [1.29, 1.82) is 0 Å². The number of H-pyrrole nitrogens is 1. The summed E-state index contributed by atoms with van der Waals surface area (Å²) in [6.45, 7) is -0.0752. The van der Waals surface area contributed by atoms with E-state index in [0.29, 0.717) is 27.3 Å². The fourth-order valence-electron chi connectivity index (χ4n) is 3.00. The van der Waals surface area contributed by atoms with Crippen LogP contribution in [0, 0.1) is 5.95 Å². The molecule has 27 heavy (non-hydrogen) atoms. The third-order valence-corrected chi connectivity index (χ3v) is 4.69. The molecule has 2 aromatic carbocycles. The predicted molar refractivity (Wildman–Crippen MR) is 104 cm³/mol. The first-order chi connectivity index (χ1) is 13.2. The monoisotopic (exact) mass is 382 g/mol. The van der Waals surface area contributed by atoms with Crippen molar-refractivity contribution in [3.8, 4) is 11.1 Å². The van der Waals surface area contributed by atoms with Gasteiger partial charge >= 0.3 is 0 Å². The molecule has 3 N–H and O–H groups in total. The van der Waals surface area contributed by atoms with E-state index in [4.69, 9.17) is 11.6 Å². The van der Waals surface area contributed by atoms with Crippen LogP contribution in [0.1, 0.15) is 11.6 Å². The van der Waals surface area contributed by atoms with Crippen LogP contribution in [0.4, 0.5) is 10.1 Å². The molecule has 4 rings (SSSR count). The summed E-state index contributed by atoms with van der Waals surface area (Å²) in [5.41, 5.74) is 3.65. The minimum Gasteiger partial charge on any atom is -0.394 e. The van der Waals surface area contributed by atoms with Gasteiger partial charge in [0.05, 0.1) is 35.4 Å². The number of hydrogen-bond donors (Lipinski definition) is 3. The standard InChI is InChI=1S/C20H16ClFN4O/c21-19-15(13-6-7-17-16(8-13)20(22)26-25-17)9-14(10-23-19)24-18(11-27)12-4-2-1-3-5-12/h1-10,18,24,27H,11H2,(H,25,26). The molecule has 0 aliphatic rings. The number of aliphatic hydroxyl groups excluding tert-OH is 1. The number of benzene rings is 2. The average Bonchev–Trinajstić information content (AvgIpc) is 3.08. The Balaban J connectivity index is 1.69. The van der Waals surface area contributed by atoms with Gasteiger partial charge in [0, 0.05) is 5.56 Å². The van der Waals surface area contributed by atoms with E-state index in [-0.39, 0.29) is 12.6 Å². The number of anilines is 1. The molecule has 0 saturated carbocycles. The largest absolute Gasteiger partial charge is 0.394 e. The lowest BCUT2D eigenvalue weighted by Crippen LogP contribution is -2.14. The van der Waals surface area contributed by atoms with Crippen LogP contribution < -0.4 is 5.32 Å². The Bertz CT molecular complexity index is 1080. The van der Waals surface area contributed by atoms with Gasteiger partial charge in [-0.3, -0.25) is 5.10 Å². The summed E-state index contributed by atoms with van der Waals surface area (Å²) in [6.07, 6.45) is 1.61. The lowest BCUT2D eigenvalue weighted by Gasteiger charge is -2.18. The fourth-order valence-corrected chi connectivity index (χ4v) is 3.21. The summed E-state index contributed by atoms with van der Waals surface area (Å²) < 4.78 is 13.8. The molecule has 2 aromatic heterocycles. The molecular formula is C20H16ClFN4O. The van der Waals surface area contributed by atoms with E-state index in [2.05, 4.69) is 20.5 Å². The Morgan fingerprint density at radius 2 is 1.96 bits per heavy atom. The number of aliphatic hydroxyl groups is 1. The summed E-state index contributed by atoms with van der Waals surface area (Å²) in [6, 6.07) is 16.4. The SMILES string of the molecule is OCC(Nc1cnc(Cl)c(-c2ccc3[nH]nc(F)c3c2)c1)c1ccccc1. The summed E-state index contributed by atoms with van der Waals surface area (Å²) >= 11 is 6.28. The topological polar surface area (TPSA) is 73.8 Å². The van der Waals surface area contributed by atoms with Gasteiger partial charge in [0.25, 0.3) is 0 Å². The minimum atomic E-state index is -0.561. The highest BCUT2D eigenvalue weighted by Crippen LogP contribution is 2.32. The van der Waals surface area contributed by atoms with Crippen LogP contribution in [0.3, 0.4) is 0 Å². The molecule has 1 unspecified atom stereocenters. The number of nitrogens with one attached hydrogen (secondary N) is 2. The Morgan fingerprint density at radius 3 is 2.74 bits per heavy atom. The van der Waals surface area contributed by atoms with E-state index in [1.165, 1.54) is 0 Å². The molecule has 0 bridgehead atoms. The van der Waals surface area contributed by atoms with Gasteiger partial charge in [0.2, 0.25) is 5.95 Å². The van der Waals surface area contributed by atoms with Crippen molar-refractivity contribution in [2.24, 2.45) is 0 Å². The van der Waals surface area contributed by atoms with Crippen molar-refractivity contribution in [2.45, 2.75) is 6.04 Å². The summed E-state index contributed by atoms with van der Waals surface area (Å²) in [5, 5.41) is 19.9. The molecule has 0 radical (unpaired) electrons. The highest BCUT2D eigenvalue weighted by molar-refractivity contribution is 6.32. The van der Waals surface area contributed by atoms with Crippen molar-refractivity contribution >= 4 is 28.2 Å². The number of aromatic nitrogens is 3. The average molecular weight is 383 g/mol. The molecule has 5 nitrogen and oxygen atoms in total. The first-order valence-electron chi connectivity index (χ1n) is 8.37. The van der Waals surface area contributed by atoms with E-state index in [1.807, 2.05) is 42.5 Å². The zero-order valence-corrected chi connectivity index (χ0v) is 14.9. The van der Waals surface area contributed by atoms with Gasteiger partial charge in [-0.05, 0) is 29.3 Å². The van der Waals surface area contributed by atoms with Crippen LogP contribution in [0.2, 0.25) is 5.15 Å². The predicted octanol–water partition coefficient (Wildman–Crippen LogP) is 4.56. The maximum Gasteiger partial charge on any atom is 0.240 e. The number of nitrogens with zero attached hydrogens (tertiary/aromatic N) is 2. The van der Waals surface area contributed by atoms with Crippen molar-refractivity contribution in [3.05, 3.63) is 77.5 Å². The molecule has 136 valence electrons. The fraction of sp³-hybridized carbons (Fsp3) is 0.100. The number of halogens is 2. The smallest absolute Gasteiger partial charge is 0.240 e. The van der Waals surface area contributed by atoms with Gasteiger partial charge in [-0.25, -0.2) is 4.98 Å². The first kappa shape index (κ1) is 17.5. The summed E-state index contributed by atoms with van der Waals surface area (Å²) in [5.74, 6) is -0.561. The molecule has 0 aliphatic heterocycles. The molecular weight excluding hydrogens is 367 g/mol. The number of rotatable bonds is 5. The van der Waals surface area contributed by atoms with Crippen molar-refractivity contribution in [1.82, 2.24) is 15.2 Å². The summed E-state index contributed by atoms with van der Waals surface area (Å²) in [4.78, 5) is 4.23. The van der Waals surface area contributed by atoms with Gasteiger partial charge in [0.1, 0.15) is 5.15 Å². The zero-order chi connectivity index (χ0) is 18.8. The van der Waals surface area contributed by atoms with Crippen LogP contribution >= 0.6 is 11.6 Å². The second-order valence-electron chi connectivity index (χ2n) is 6.13. The molecule has 7 heteroatoms. The van der Waals surface area contributed by atoms with Crippen LogP contribution in [0.25, 0.3) is 22.0 Å². The Morgan fingerprint density at radius 1 is 1.15 bits per heavy atom. The third kappa shape index (κ3) is 3.49. The molecule has 0 saturated heterocycles. The van der Waals surface area contributed by atoms with Crippen molar-refractivity contribution < 1.29 is 9.50 Å². The molecule has 0 amide bonds. The van der Waals surface area contributed by atoms with Gasteiger partial charge in [0.15, 0.2) is 0 Å². The molecule has 0 fully saturated rings. The highest BCUT2D eigenvalue weighted by atomic mass is 35.5. The van der Waals surface area contributed by atoms with Crippen molar-refractivity contribution in [2.75, 3.05) is 11.9 Å². The molecule has 1 atom stereocenters. The van der Waals surface area contributed by atoms with E-state index in [9.17, 15) is 9.50 Å². The Kier molecular flexibility index (Phi) is 4.75. The van der Waals surface area contributed by atoms with Gasteiger partial charge < -0.3 is 10.4 Å². The van der Waals surface area contributed by atoms with E-state index < -0.39 is 5.95 Å². The maximum absolute atomic E-state index is 13.8. The van der Waals surface area contributed by atoms with E-state index >= 15 is 0 Å². The second kappa shape index (κ2) is 7.34. The Hall–Kier alpha value is -2.96. The highest BCUT2D eigenvalue weighted by Gasteiger charge is 2.14. The maximum atomic E-state index is 13.8. The van der Waals surface area contributed by atoms with Gasteiger partial charge in [-0.1, -0.05) is 48.0 Å². The number of pyridine rings is 1. The molecule has 0 spiro atoms. The van der Waals surface area contributed by atoms with E-state index in [1.54, 1.807) is 18.3 Å². The van der Waals surface area contributed by atoms with E-state index in [0.717, 1.165) is 11.1 Å². The third-order valence-electron chi connectivity index (χ3n) is 4.39. The lowest BCUT2D eigenvalue weighted by atomic mass is 10.0. The molecule has 0 aliphatic carbocycles. The lowest BCUT2D eigenvalue weighted by molar-refractivity contribution is 0.276. The molecule has 2 heterocycles. The first-order valence-corrected chi connectivity index (χ1v) is 8.75. The van der Waals surface area contributed by atoms with Crippen LogP contribution in [0.5, 0.6) is 0 Å². The van der Waals surface area contributed by atoms with Crippen LogP contribution in [0.15, 0.2) is 60.8 Å². The molecule has 4 aromatic rings. The number of hydrogen-bond acceptors (Lipinski definition) is 4. The quantitative estimate of drug-likeness (QED) is 0.442. The van der Waals surface area contributed by atoms with Crippen LogP contribution in [-0.4, -0.2) is 26.9 Å². The number of aromatic amines is 1. The normalized spacial score (nSPS) is 12.3. The second-order valence-corrected chi connectivity index (χ2v) is 6.49. The van der Waals surface area contributed by atoms with Crippen LogP contribution in [-0.2, 0) is 0 Å². The minimum absolute atomic E-state index is 0.0752. The van der Waals surface area contributed by atoms with Gasteiger partial charge in [-0.15, -0.1) is 5.10 Å². The van der Waals surface area contributed by atoms with Gasteiger partial charge in [-0.2, -0.15) is 4.39 Å². The van der Waals surface area contributed by atoms with Crippen molar-refractivity contribution in [3.63, 3.8) is 0 Å². The summed E-state index contributed by atoms with van der Waals surface area (Å²) in [7, 11) is 0.